The summed E-state index contributed by atoms with van der Waals surface area (Å²) in [5.41, 5.74) is 2.47. The Kier molecular flexibility index (Phi) is 4.46. The molecule has 1 heterocycles. The Morgan fingerprint density at radius 3 is 2.17 bits per heavy atom. The number of carboxylic acids is 1. The van der Waals surface area contributed by atoms with Gasteiger partial charge in [-0.2, -0.15) is 0 Å². The van der Waals surface area contributed by atoms with Gasteiger partial charge in [0.05, 0.1) is 5.56 Å². The van der Waals surface area contributed by atoms with Gasteiger partial charge in [-0.15, -0.1) is 0 Å². The Bertz CT molecular complexity index is 1020. The summed E-state index contributed by atoms with van der Waals surface area (Å²) in [7, 11) is 0. The second kappa shape index (κ2) is 6.82. The first-order valence-corrected chi connectivity index (χ1v) is 10.8. The van der Waals surface area contributed by atoms with Gasteiger partial charge >= 0.3 is 5.97 Å². The monoisotopic (exact) mass is 425 g/mol. The maximum atomic E-state index is 12.4. The van der Waals surface area contributed by atoms with Crippen LogP contribution in [0.4, 0.5) is 0 Å². The van der Waals surface area contributed by atoms with Crippen molar-refractivity contribution in [3.8, 4) is 11.1 Å². The molecule has 2 aromatic carbocycles. The number of hydrogen-bond acceptors (Lipinski definition) is 3. The number of nitrogens with zero attached hydrogens (tertiary/aromatic N) is 1. The number of aliphatic hydroxyl groups is 1. The summed E-state index contributed by atoms with van der Waals surface area (Å²) in [6, 6.07) is 12.9. The summed E-state index contributed by atoms with van der Waals surface area (Å²) < 4.78 is 0. The van der Waals surface area contributed by atoms with Gasteiger partial charge in [0.15, 0.2) is 0 Å². The van der Waals surface area contributed by atoms with Crippen molar-refractivity contribution in [2.24, 2.45) is 5.41 Å². The summed E-state index contributed by atoms with van der Waals surface area (Å²) in [5, 5.41) is 19.9. The zero-order chi connectivity index (χ0) is 21.1. The van der Waals surface area contributed by atoms with Crippen LogP contribution < -0.4 is 0 Å². The normalized spacial score (nSPS) is 23.3. The second-order valence-corrected chi connectivity index (χ2v) is 9.47. The fraction of sp³-hybridized carbons (Fsp3) is 0.417. The molecule has 1 amide bonds. The van der Waals surface area contributed by atoms with Crippen LogP contribution in [0.2, 0.25) is 5.02 Å². The van der Waals surface area contributed by atoms with E-state index in [0.29, 0.717) is 31.8 Å². The number of halogens is 1. The van der Waals surface area contributed by atoms with E-state index in [1.165, 1.54) is 0 Å². The highest BCUT2D eigenvalue weighted by atomic mass is 35.5. The molecule has 0 aromatic heterocycles. The first-order valence-electron chi connectivity index (χ1n) is 10.5. The molecule has 6 heteroatoms. The first-order chi connectivity index (χ1) is 14.3. The third-order valence-corrected chi connectivity index (χ3v) is 7.53. The van der Waals surface area contributed by atoms with Crippen molar-refractivity contribution in [2.75, 3.05) is 13.1 Å². The maximum Gasteiger partial charge on any atom is 0.335 e. The summed E-state index contributed by atoms with van der Waals surface area (Å²) in [4.78, 5) is 25.2. The van der Waals surface area contributed by atoms with Gasteiger partial charge in [0.25, 0.3) is 5.91 Å². The molecule has 3 fully saturated rings. The van der Waals surface area contributed by atoms with E-state index < -0.39 is 11.6 Å². The molecule has 1 spiro atoms. The lowest BCUT2D eigenvalue weighted by Crippen LogP contribution is -2.45. The van der Waals surface area contributed by atoms with Crippen LogP contribution in [-0.4, -0.2) is 45.7 Å². The molecule has 1 aliphatic heterocycles. The van der Waals surface area contributed by atoms with Crippen molar-refractivity contribution in [3.05, 3.63) is 58.6 Å². The number of likely N-dealkylation sites (tertiary alicyclic amines) is 1. The molecule has 1 atom stereocenters. The van der Waals surface area contributed by atoms with E-state index in [9.17, 15) is 14.7 Å². The van der Waals surface area contributed by atoms with Crippen LogP contribution in [0.25, 0.3) is 11.1 Å². The van der Waals surface area contributed by atoms with Gasteiger partial charge < -0.3 is 15.1 Å². The molecule has 5 nitrogen and oxygen atoms in total. The average molecular weight is 426 g/mol. The van der Waals surface area contributed by atoms with Gasteiger partial charge in [-0.25, -0.2) is 4.79 Å². The molecule has 5 rings (SSSR count). The molecule has 0 unspecified atom stereocenters. The quantitative estimate of drug-likeness (QED) is 0.764. The Morgan fingerprint density at radius 1 is 0.967 bits per heavy atom. The van der Waals surface area contributed by atoms with Gasteiger partial charge in [0, 0.05) is 18.1 Å². The van der Waals surface area contributed by atoms with Crippen molar-refractivity contribution in [3.63, 3.8) is 0 Å². The van der Waals surface area contributed by atoms with Crippen LogP contribution in [0.3, 0.4) is 0 Å². The van der Waals surface area contributed by atoms with E-state index in [-0.39, 0.29) is 16.9 Å². The van der Waals surface area contributed by atoms with E-state index in [1.807, 2.05) is 17.0 Å². The number of carboxylic acid groups (broad SMARTS) is 1. The highest BCUT2D eigenvalue weighted by molar-refractivity contribution is 6.31. The van der Waals surface area contributed by atoms with Crippen molar-refractivity contribution >= 4 is 23.5 Å². The molecular formula is C24H24ClNO4. The van der Waals surface area contributed by atoms with Gasteiger partial charge in [0.2, 0.25) is 0 Å². The highest BCUT2D eigenvalue weighted by Crippen LogP contribution is 2.66. The van der Waals surface area contributed by atoms with Crippen LogP contribution >= 0.6 is 11.6 Å². The summed E-state index contributed by atoms with van der Waals surface area (Å²) >= 11 is 6.65. The number of carbonyl (C=O) groups is 2. The molecular weight excluding hydrogens is 402 g/mol. The third-order valence-electron chi connectivity index (χ3n) is 7.20. The van der Waals surface area contributed by atoms with Crippen LogP contribution in [0, 0.1) is 5.41 Å². The van der Waals surface area contributed by atoms with Gasteiger partial charge in [-0.3, -0.25) is 4.79 Å². The number of piperidine rings is 1. The van der Waals surface area contributed by atoms with E-state index in [4.69, 9.17) is 16.7 Å². The summed E-state index contributed by atoms with van der Waals surface area (Å²) in [5.74, 6) is -0.617. The molecule has 2 N–H and O–H groups in total. The predicted molar refractivity (Wildman–Crippen MR) is 114 cm³/mol. The van der Waals surface area contributed by atoms with E-state index in [1.54, 1.807) is 24.3 Å². The van der Waals surface area contributed by atoms with Crippen LogP contribution in [0.1, 0.15) is 53.9 Å². The molecule has 3 aliphatic rings. The summed E-state index contributed by atoms with van der Waals surface area (Å²) in [6.45, 7) is 1.42. The molecule has 2 aliphatic carbocycles. The molecule has 2 saturated carbocycles. The number of benzene rings is 2. The Labute approximate surface area is 180 Å². The molecule has 0 bridgehead atoms. The average Bonchev–Trinajstić information content (AvgIpc) is 3.66. The Hall–Kier alpha value is -2.37. The van der Waals surface area contributed by atoms with Crippen molar-refractivity contribution in [1.82, 2.24) is 4.90 Å². The zero-order valence-electron chi connectivity index (χ0n) is 16.6. The topological polar surface area (TPSA) is 77.8 Å². The molecule has 156 valence electrons. The lowest BCUT2D eigenvalue weighted by Gasteiger charge is -2.34. The number of carbonyl (C=O) groups excluding carboxylic acids is 1. The lowest BCUT2D eigenvalue weighted by atomic mass is 9.88. The number of amides is 1. The number of rotatable bonds is 4. The van der Waals surface area contributed by atoms with E-state index >= 15 is 0 Å². The first kappa shape index (κ1) is 19.6. The second-order valence-electron chi connectivity index (χ2n) is 9.06. The molecule has 0 radical (unpaired) electrons. The fourth-order valence-electron chi connectivity index (χ4n) is 4.92. The number of aromatic carboxylic acids is 1. The van der Waals surface area contributed by atoms with E-state index in [0.717, 1.165) is 41.0 Å². The Morgan fingerprint density at radius 2 is 1.60 bits per heavy atom. The smallest absolute Gasteiger partial charge is 0.335 e. The highest BCUT2D eigenvalue weighted by Gasteiger charge is 2.58. The van der Waals surface area contributed by atoms with Gasteiger partial charge in [-0.1, -0.05) is 35.9 Å². The van der Waals surface area contributed by atoms with Crippen LogP contribution in [0.5, 0.6) is 0 Å². The van der Waals surface area contributed by atoms with Gasteiger partial charge in [0.1, 0.15) is 5.60 Å². The fourth-order valence-corrected chi connectivity index (χ4v) is 5.23. The zero-order valence-corrected chi connectivity index (χ0v) is 17.4. The maximum absolute atomic E-state index is 12.4. The standard InChI is InChI=1S/C24H24ClNO4/c25-20-13-17(15-1-3-16(4-2-15)21(27)28)5-6-18(20)19-14-23(19)9-11-26(12-10-23)22(29)24(30)7-8-24/h1-6,13,19,30H,7-12,14H2,(H,27,28)/t19-/m0/s1. The molecule has 30 heavy (non-hydrogen) atoms. The third kappa shape index (κ3) is 3.30. The lowest BCUT2D eigenvalue weighted by molar-refractivity contribution is -0.144. The van der Waals surface area contributed by atoms with Crippen LogP contribution in [0.15, 0.2) is 42.5 Å². The van der Waals surface area contributed by atoms with Gasteiger partial charge in [-0.05, 0) is 78.3 Å². The summed E-state index contributed by atoms with van der Waals surface area (Å²) in [6.07, 6.45) is 4.18. The van der Waals surface area contributed by atoms with E-state index in [2.05, 4.69) is 6.07 Å². The van der Waals surface area contributed by atoms with Crippen molar-refractivity contribution in [2.45, 2.75) is 43.6 Å². The number of hydrogen-bond donors (Lipinski definition) is 2. The minimum atomic E-state index is -1.07. The predicted octanol–water partition coefficient (Wildman–Crippen LogP) is 4.33. The van der Waals surface area contributed by atoms with Crippen molar-refractivity contribution in [1.29, 1.82) is 0 Å². The minimum Gasteiger partial charge on any atom is -0.478 e. The largest absolute Gasteiger partial charge is 0.478 e. The Balaban J connectivity index is 1.27. The minimum absolute atomic E-state index is 0.0918. The van der Waals surface area contributed by atoms with Crippen molar-refractivity contribution < 1.29 is 19.8 Å². The molecule has 1 saturated heterocycles. The van der Waals surface area contributed by atoms with Crippen LogP contribution in [-0.2, 0) is 4.79 Å². The SMILES string of the molecule is O=C(O)c1ccc(-c2ccc([C@@H]3CC34CCN(C(=O)C3(O)CC3)CC4)c(Cl)c2)cc1. The molecule has 2 aromatic rings.